The largest absolute Gasteiger partial charge is 0.382 e. The SMILES string of the molecule is CC1CCC(Nc2ccc([N+](=O)[O-])c(C#N)c2)C(C)C1. The van der Waals surface area contributed by atoms with Gasteiger partial charge in [-0.25, -0.2) is 0 Å². The van der Waals surface area contributed by atoms with Gasteiger partial charge in [-0.2, -0.15) is 5.26 Å². The minimum absolute atomic E-state index is 0.108. The average Bonchev–Trinajstić information content (AvgIpc) is 2.41. The number of nitriles is 1. The van der Waals surface area contributed by atoms with Crippen LogP contribution < -0.4 is 5.32 Å². The molecule has 0 aromatic heterocycles. The van der Waals surface area contributed by atoms with E-state index in [-0.39, 0.29) is 11.3 Å². The van der Waals surface area contributed by atoms with Crippen LogP contribution >= 0.6 is 0 Å². The van der Waals surface area contributed by atoms with Crippen LogP contribution in [0.3, 0.4) is 0 Å². The zero-order valence-electron chi connectivity index (χ0n) is 11.8. The summed E-state index contributed by atoms with van der Waals surface area (Å²) in [5, 5.41) is 23.2. The summed E-state index contributed by atoms with van der Waals surface area (Å²) in [6.45, 7) is 4.50. The Kier molecular flexibility index (Phi) is 4.23. The second-order valence-electron chi connectivity index (χ2n) is 5.75. The maximum atomic E-state index is 10.8. The van der Waals surface area contributed by atoms with Crippen molar-refractivity contribution in [1.29, 1.82) is 5.26 Å². The average molecular weight is 273 g/mol. The molecule has 0 amide bonds. The second-order valence-corrected chi connectivity index (χ2v) is 5.75. The Morgan fingerprint density at radius 1 is 1.40 bits per heavy atom. The Bertz CT molecular complexity index is 551. The standard InChI is InChI=1S/C15H19N3O2/c1-10-3-5-14(11(2)7-10)17-13-4-6-15(18(19)20)12(8-13)9-16/h4,6,8,10-11,14,17H,3,5,7H2,1-2H3. The fraction of sp³-hybridized carbons (Fsp3) is 0.533. The van der Waals surface area contributed by atoms with Crippen LogP contribution in [-0.4, -0.2) is 11.0 Å². The first-order valence-corrected chi connectivity index (χ1v) is 6.96. The summed E-state index contributed by atoms with van der Waals surface area (Å²) in [6.07, 6.45) is 3.48. The van der Waals surface area contributed by atoms with E-state index in [1.54, 1.807) is 12.1 Å². The molecule has 1 aliphatic carbocycles. The van der Waals surface area contributed by atoms with E-state index < -0.39 is 4.92 Å². The number of nitro groups is 1. The zero-order valence-corrected chi connectivity index (χ0v) is 11.8. The molecule has 1 aliphatic rings. The van der Waals surface area contributed by atoms with Gasteiger partial charge in [-0.05, 0) is 43.2 Å². The van der Waals surface area contributed by atoms with E-state index in [0.717, 1.165) is 18.0 Å². The molecule has 1 aromatic rings. The molecule has 1 aromatic carbocycles. The number of nitrogens with zero attached hydrogens (tertiary/aromatic N) is 2. The summed E-state index contributed by atoms with van der Waals surface area (Å²) >= 11 is 0. The van der Waals surface area contributed by atoms with Gasteiger partial charge in [0.2, 0.25) is 0 Å². The van der Waals surface area contributed by atoms with Crippen LogP contribution in [0.4, 0.5) is 11.4 Å². The first-order chi connectivity index (χ1) is 9.51. The lowest BCUT2D eigenvalue weighted by molar-refractivity contribution is -0.385. The number of rotatable bonds is 3. The van der Waals surface area contributed by atoms with Gasteiger partial charge in [0.1, 0.15) is 11.6 Å². The fourth-order valence-corrected chi connectivity index (χ4v) is 2.97. The van der Waals surface area contributed by atoms with Crippen LogP contribution in [0.2, 0.25) is 0 Å². The van der Waals surface area contributed by atoms with Crippen molar-refractivity contribution in [1.82, 2.24) is 0 Å². The fourth-order valence-electron chi connectivity index (χ4n) is 2.97. The minimum Gasteiger partial charge on any atom is -0.382 e. The highest BCUT2D eigenvalue weighted by Crippen LogP contribution is 2.31. The van der Waals surface area contributed by atoms with E-state index >= 15 is 0 Å². The molecule has 3 atom stereocenters. The molecule has 1 N–H and O–H groups in total. The van der Waals surface area contributed by atoms with Gasteiger partial charge in [-0.1, -0.05) is 13.8 Å². The maximum Gasteiger partial charge on any atom is 0.287 e. The lowest BCUT2D eigenvalue weighted by atomic mass is 9.80. The number of nitrogens with one attached hydrogen (secondary N) is 1. The molecule has 1 saturated carbocycles. The van der Waals surface area contributed by atoms with Gasteiger partial charge in [0.15, 0.2) is 0 Å². The van der Waals surface area contributed by atoms with E-state index in [1.165, 1.54) is 18.9 Å². The summed E-state index contributed by atoms with van der Waals surface area (Å²) in [5.41, 5.74) is 0.763. The Morgan fingerprint density at radius 3 is 2.75 bits per heavy atom. The molecule has 1 fully saturated rings. The summed E-state index contributed by atoms with van der Waals surface area (Å²) in [6, 6.07) is 6.92. The molecule has 2 rings (SSSR count). The molecule has 0 heterocycles. The number of hydrogen-bond donors (Lipinski definition) is 1. The molecule has 20 heavy (non-hydrogen) atoms. The molecule has 106 valence electrons. The monoisotopic (exact) mass is 273 g/mol. The van der Waals surface area contributed by atoms with Crippen molar-refractivity contribution in [3.8, 4) is 6.07 Å². The van der Waals surface area contributed by atoms with E-state index in [2.05, 4.69) is 19.2 Å². The third-order valence-electron chi connectivity index (χ3n) is 4.10. The van der Waals surface area contributed by atoms with Crippen LogP contribution in [-0.2, 0) is 0 Å². The number of anilines is 1. The maximum absolute atomic E-state index is 10.8. The summed E-state index contributed by atoms with van der Waals surface area (Å²) in [5.74, 6) is 1.33. The van der Waals surface area contributed by atoms with Crippen molar-refractivity contribution in [2.24, 2.45) is 11.8 Å². The molecule has 0 saturated heterocycles. The van der Waals surface area contributed by atoms with Gasteiger partial charge in [-0.15, -0.1) is 0 Å². The Morgan fingerprint density at radius 2 is 2.15 bits per heavy atom. The minimum atomic E-state index is -0.521. The van der Waals surface area contributed by atoms with E-state index in [9.17, 15) is 10.1 Å². The third kappa shape index (κ3) is 3.08. The molecule has 0 radical (unpaired) electrons. The van der Waals surface area contributed by atoms with Crippen LogP contribution in [0.25, 0.3) is 0 Å². The molecule has 5 nitrogen and oxygen atoms in total. The molecular formula is C15H19N3O2. The molecule has 3 unspecified atom stereocenters. The normalized spacial score (nSPS) is 25.8. The second kappa shape index (κ2) is 5.91. The van der Waals surface area contributed by atoms with Gasteiger partial charge < -0.3 is 5.32 Å². The number of hydrogen-bond acceptors (Lipinski definition) is 4. The van der Waals surface area contributed by atoms with Crippen LogP contribution in [0, 0.1) is 33.3 Å². The topological polar surface area (TPSA) is 79.0 Å². The third-order valence-corrected chi connectivity index (χ3v) is 4.10. The van der Waals surface area contributed by atoms with Gasteiger partial charge >= 0.3 is 0 Å². The summed E-state index contributed by atoms with van der Waals surface area (Å²) < 4.78 is 0. The van der Waals surface area contributed by atoms with Crippen molar-refractivity contribution >= 4 is 11.4 Å². The van der Waals surface area contributed by atoms with Crippen molar-refractivity contribution < 1.29 is 4.92 Å². The Hall–Kier alpha value is -2.09. The summed E-state index contributed by atoms with van der Waals surface area (Å²) in [4.78, 5) is 10.3. The zero-order chi connectivity index (χ0) is 14.7. The van der Waals surface area contributed by atoms with E-state index in [4.69, 9.17) is 5.26 Å². The van der Waals surface area contributed by atoms with Crippen molar-refractivity contribution in [2.75, 3.05) is 5.32 Å². The van der Waals surface area contributed by atoms with Crippen LogP contribution in [0.15, 0.2) is 18.2 Å². The van der Waals surface area contributed by atoms with Crippen LogP contribution in [0.1, 0.15) is 38.7 Å². The predicted molar refractivity (Wildman–Crippen MR) is 77.4 cm³/mol. The van der Waals surface area contributed by atoms with Gasteiger partial charge in [-0.3, -0.25) is 10.1 Å². The highest BCUT2D eigenvalue weighted by molar-refractivity contribution is 5.59. The highest BCUT2D eigenvalue weighted by Gasteiger charge is 2.25. The van der Waals surface area contributed by atoms with E-state index in [0.29, 0.717) is 12.0 Å². The molecule has 0 aliphatic heterocycles. The van der Waals surface area contributed by atoms with E-state index in [1.807, 2.05) is 6.07 Å². The van der Waals surface area contributed by atoms with Gasteiger partial charge in [0, 0.05) is 17.8 Å². The Balaban J connectivity index is 2.14. The lowest BCUT2D eigenvalue weighted by Gasteiger charge is -2.33. The molecule has 5 heteroatoms. The molecular weight excluding hydrogens is 254 g/mol. The van der Waals surface area contributed by atoms with Crippen LogP contribution in [0.5, 0.6) is 0 Å². The van der Waals surface area contributed by atoms with Crippen molar-refractivity contribution in [2.45, 2.75) is 39.2 Å². The number of nitro benzene ring substituents is 1. The summed E-state index contributed by atoms with van der Waals surface area (Å²) in [7, 11) is 0. The predicted octanol–water partition coefficient (Wildman–Crippen LogP) is 3.70. The lowest BCUT2D eigenvalue weighted by Crippen LogP contribution is -2.33. The molecule has 0 bridgehead atoms. The Labute approximate surface area is 118 Å². The van der Waals surface area contributed by atoms with Gasteiger partial charge in [0.25, 0.3) is 5.69 Å². The quantitative estimate of drug-likeness (QED) is 0.672. The van der Waals surface area contributed by atoms with Crippen molar-refractivity contribution in [3.63, 3.8) is 0 Å². The van der Waals surface area contributed by atoms with Gasteiger partial charge in [0.05, 0.1) is 4.92 Å². The smallest absolute Gasteiger partial charge is 0.287 e. The van der Waals surface area contributed by atoms with Crippen molar-refractivity contribution in [3.05, 3.63) is 33.9 Å². The first-order valence-electron chi connectivity index (χ1n) is 6.96. The highest BCUT2D eigenvalue weighted by atomic mass is 16.6. The first kappa shape index (κ1) is 14.3. The number of benzene rings is 1. The molecule has 0 spiro atoms.